The summed E-state index contributed by atoms with van der Waals surface area (Å²) in [5, 5.41) is 0. The largest absolute Gasteiger partial charge is 0.325 e. The van der Waals surface area contributed by atoms with Gasteiger partial charge in [0.2, 0.25) is 0 Å². The maximum atomic E-state index is 4.84. The van der Waals surface area contributed by atoms with Crippen molar-refractivity contribution < 1.29 is 0 Å². The third-order valence-corrected chi connectivity index (χ3v) is 5.29. The van der Waals surface area contributed by atoms with Crippen molar-refractivity contribution in [2.75, 3.05) is 0 Å². The van der Waals surface area contributed by atoms with Crippen LogP contribution in [-0.4, -0.2) is 19.5 Å². The van der Waals surface area contributed by atoms with Crippen LogP contribution in [0.25, 0.3) is 16.6 Å². The molecule has 0 aliphatic heterocycles. The summed E-state index contributed by atoms with van der Waals surface area (Å²) in [5.41, 5.74) is 7.93. The molecule has 0 saturated carbocycles. The van der Waals surface area contributed by atoms with Crippen LogP contribution in [0.2, 0.25) is 0 Å². The van der Waals surface area contributed by atoms with Crippen LogP contribution in [0.15, 0.2) is 67.1 Å². The van der Waals surface area contributed by atoms with Gasteiger partial charge in [-0.05, 0) is 56.5 Å². The summed E-state index contributed by atoms with van der Waals surface area (Å²) in [6.45, 7) is 6.57. The molecule has 0 bridgehead atoms. The molecular weight excluding hydrogens is 368 g/mol. The summed E-state index contributed by atoms with van der Waals surface area (Å²) in [6, 6.07) is 16.3. The van der Waals surface area contributed by atoms with E-state index in [-0.39, 0.29) is 5.54 Å². The fourth-order valence-corrected chi connectivity index (χ4v) is 3.76. The SMILES string of the molecule is CC(C)(C)n1cnc2ccc(C3=CCc4ncc(C#Cc5ccccc5)nc43)cc21. The number of imidazole rings is 1. The Hall–Kier alpha value is -3.71. The molecule has 0 radical (unpaired) electrons. The molecule has 0 spiro atoms. The first-order valence-electron chi connectivity index (χ1n) is 10.1. The molecule has 0 saturated heterocycles. The third-order valence-electron chi connectivity index (χ3n) is 5.29. The van der Waals surface area contributed by atoms with Gasteiger partial charge < -0.3 is 4.57 Å². The van der Waals surface area contributed by atoms with Crippen molar-refractivity contribution >= 4 is 16.6 Å². The van der Waals surface area contributed by atoms with Crippen molar-refractivity contribution in [3.05, 3.63) is 95.3 Å². The van der Waals surface area contributed by atoms with Gasteiger partial charge in [0.05, 0.1) is 34.9 Å². The highest BCUT2D eigenvalue weighted by molar-refractivity contribution is 5.87. The lowest BCUT2D eigenvalue weighted by molar-refractivity contribution is 0.408. The third kappa shape index (κ3) is 3.29. The number of hydrogen-bond donors (Lipinski definition) is 0. The molecule has 1 aliphatic carbocycles. The molecule has 2 heterocycles. The highest BCUT2D eigenvalue weighted by Gasteiger charge is 2.21. The number of benzene rings is 2. The van der Waals surface area contributed by atoms with E-state index in [1.807, 2.05) is 36.7 Å². The smallest absolute Gasteiger partial charge is 0.132 e. The van der Waals surface area contributed by atoms with E-state index in [4.69, 9.17) is 4.98 Å². The zero-order valence-electron chi connectivity index (χ0n) is 17.3. The van der Waals surface area contributed by atoms with E-state index in [1.54, 1.807) is 6.20 Å². The number of hydrogen-bond acceptors (Lipinski definition) is 3. The van der Waals surface area contributed by atoms with Crippen molar-refractivity contribution in [1.29, 1.82) is 0 Å². The first kappa shape index (κ1) is 18.3. The molecule has 0 fully saturated rings. The predicted molar refractivity (Wildman–Crippen MR) is 120 cm³/mol. The number of nitrogens with zero attached hydrogens (tertiary/aromatic N) is 4. The molecule has 0 amide bonds. The van der Waals surface area contributed by atoms with Crippen molar-refractivity contribution in [2.24, 2.45) is 0 Å². The van der Waals surface area contributed by atoms with E-state index >= 15 is 0 Å². The maximum absolute atomic E-state index is 4.84. The summed E-state index contributed by atoms with van der Waals surface area (Å²) >= 11 is 0. The molecule has 5 rings (SSSR count). The van der Waals surface area contributed by atoms with Crippen molar-refractivity contribution in [3.63, 3.8) is 0 Å². The van der Waals surface area contributed by atoms with Gasteiger partial charge in [-0.3, -0.25) is 4.98 Å². The zero-order chi connectivity index (χ0) is 20.7. The molecule has 0 unspecified atom stereocenters. The Labute approximate surface area is 176 Å². The van der Waals surface area contributed by atoms with Crippen molar-refractivity contribution in [1.82, 2.24) is 19.5 Å². The van der Waals surface area contributed by atoms with Crippen LogP contribution in [0.1, 0.15) is 49.0 Å². The highest BCUT2D eigenvalue weighted by Crippen LogP contribution is 2.32. The molecular formula is C26H22N4. The van der Waals surface area contributed by atoms with Gasteiger partial charge in [0.1, 0.15) is 5.69 Å². The van der Waals surface area contributed by atoms with E-state index in [0.717, 1.165) is 45.5 Å². The van der Waals surface area contributed by atoms with Crippen molar-refractivity contribution in [3.8, 4) is 11.8 Å². The Morgan fingerprint density at radius 2 is 1.80 bits per heavy atom. The first-order valence-corrected chi connectivity index (χ1v) is 10.1. The summed E-state index contributed by atoms with van der Waals surface area (Å²) in [4.78, 5) is 14.0. The Kier molecular flexibility index (Phi) is 4.25. The zero-order valence-corrected chi connectivity index (χ0v) is 17.3. The number of rotatable bonds is 1. The van der Waals surface area contributed by atoms with Gasteiger partial charge in [0.15, 0.2) is 0 Å². The van der Waals surface area contributed by atoms with Gasteiger partial charge in [-0.2, -0.15) is 0 Å². The second-order valence-electron chi connectivity index (χ2n) is 8.48. The molecule has 2 aromatic carbocycles. The van der Waals surface area contributed by atoms with Gasteiger partial charge in [-0.1, -0.05) is 36.3 Å². The minimum atomic E-state index is -0.0324. The van der Waals surface area contributed by atoms with Crippen molar-refractivity contribution in [2.45, 2.75) is 32.7 Å². The molecule has 1 aliphatic rings. The molecule has 2 aromatic heterocycles. The number of fused-ring (bicyclic) bond motifs is 2. The molecule has 30 heavy (non-hydrogen) atoms. The van der Waals surface area contributed by atoms with Crippen LogP contribution < -0.4 is 0 Å². The summed E-state index contributed by atoms with van der Waals surface area (Å²) in [7, 11) is 0. The quantitative estimate of drug-likeness (QED) is 0.431. The standard InChI is InChI=1S/C26H22N4/c1-26(2,3)30-17-28-22-13-10-19(15-24(22)30)21-12-14-23-25(21)29-20(16-27-23)11-9-18-7-5-4-6-8-18/h4-8,10,12-13,15-17H,14H2,1-3H3. The van der Waals surface area contributed by atoms with E-state index < -0.39 is 0 Å². The molecule has 4 aromatic rings. The van der Waals surface area contributed by atoms with Gasteiger partial charge in [-0.25, -0.2) is 9.97 Å². The maximum Gasteiger partial charge on any atom is 0.132 e. The monoisotopic (exact) mass is 390 g/mol. The van der Waals surface area contributed by atoms with Crippen LogP contribution in [0.5, 0.6) is 0 Å². The number of aromatic nitrogens is 4. The molecule has 4 nitrogen and oxygen atoms in total. The van der Waals surface area contributed by atoms with Crippen LogP contribution >= 0.6 is 0 Å². The van der Waals surface area contributed by atoms with E-state index in [1.165, 1.54) is 0 Å². The second kappa shape index (κ2) is 6.96. The molecule has 4 heteroatoms. The fraction of sp³-hybridized carbons (Fsp3) is 0.192. The number of allylic oxidation sites excluding steroid dienone is 1. The minimum absolute atomic E-state index is 0.0324. The van der Waals surface area contributed by atoms with Crippen LogP contribution in [0.3, 0.4) is 0 Å². The van der Waals surface area contributed by atoms with Gasteiger partial charge in [-0.15, -0.1) is 0 Å². The van der Waals surface area contributed by atoms with E-state index in [2.05, 4.69) is 71.4 Å². The van der Waals surface area contributed by atoms with Gasteiger partial charge in [0.25, 0.3) is 0 Å². The Bertz CT molecular complexity index is 1340. The average Bonchev–Trinajstić information content (AvgIpc) is 3.36. The first-order chi connectivity index (χ1) is 14.5. The summed E-state index contributed by atoms with van der Waals surface area (Å²) in [5.74, 6) is 6.32. The minimum Gasteiger partial charge on any atom is -0.325 e. The second-order valence-corrected chi connectivity index (χ2v) is 8.48. The molecule has 0 atom stereocenters. The Morgan fingerprint density at radius 3 is 2.60 bits per heavy atom. The topological polar surface area (TPSA) is 43.6 Å². The van der Waals surface area contributed by atoms with E-state index in [0.29, 0.717) is 5.69 Å². The Balaban J connectivity index is 1.54. The van der Waals surface area contributed by atoms with Crippen LogP contribution in [0.4, 0.5) is 0 Å². The highest BCUT2D eigenvalue weighted by atomic mass is 15.1. The summed E-state index contributed by atoms with van der Waals surface area (Å²) < 4.78 is 2.22. The molecule has 146 valence electrons. The predicted octanol–water partition coefficient (Wildman–Crippen LogP) is 4.97. The fourth-order valence-electron chi connectivity index (χ4n) is 3.76. The molecule has 0 N–H and O–H groups in total. The lowest BCUT2D eigenvalue weighted by Gasteiger charge is -2.21. The summed E-state index contributed by atoms with van der Waals surface area (Å²) in [6.07, 6.45) is 6.69. The lowest BCUT2D eigenvalue weighted by Crippen LogP contribution is -2.20. The van der Waals surface area contributed by atoms with E-state index in [9.17, 15) is 0 Å². The normalized spacial score (nSPS) is 13.0. The van der Waals surface area contributed by atoms with Gasteiger partial charge >= 0.3 is 0 Å². The Morgan fingerprint density at radius 1 is 0.967 bits per heavy atom. The average molecular weight is 390 g/mol. The van der Waals surface area contributed by atoms with Crippen LogP contribution in [0, 0.1) is 11.8 Å². The lowest BCUT2D eigenvalue weighted by atomic mass is 10.0. The van der Waals surface area contributed by atoms with Gasteiger partial charge in [0, 0.05) is 23.1 Å². The van der Waals surface area contributed by atoms with Crippen LogP contribution in [-0.2, 0) is 12.0 Å².